The van der Waals surface area contributed by atoms with Crippen LogP contribution in [0.25, 0.3) is 44.2 Å². The minimum absolute atomic E-state index is 0.0998. The van der Waals surface area contributed by atoms with Crippen molar-refractivity contribution in [3.05, 3.63) is 209 Å². The van der Waals surface area contributed by atoms with Gasteiger partial charge in [0.15, 0.2) is 0 Å². The van der Waals surface area contributed by atoms with Crippen LogP contribution in [0.1, 0.15) is 53.6 Å². The Hall–Kier alpha value is -6.18. The number of anilines is 3. The fourth-order valence-corrected chi connectivity index (χ4v) is 10.3. The minimum Gasteiger partial charge on any atom is -0.310 e. The Kier molecular flexibility index (Phi) is 6.41. The summed E-state index contributed by atoms with van der Waals surface area (Å²) in [7, 11) is 0. The molecule has 0 amide bonds. The third-order valence-corrected chi connectivity index (χ3v) is 12.6. The highest BCUT2D eigenvalue weighted by atomic mass is 15.1. The molecule has 1 atom stereocenters. The van der Waals surface area contributed by atoms with Crippen LogP contribution in [0.15, 0.2) is 176 Å². The number of hydrogen-bond donors (Lipinski definition) is 0. The van der Waals surface area contributed by atoms with E-state index in [0.29, 0.717) is 0 Å². The summed E-state index contributed by atoms with van der Waals surface area (Å²) in [6, 6.07) is 66.1. The van der Waals surface area contributed by atoms with E-state index in [2.05, 4.69) is 195 Å². The molecule has 252 valence electrons. The lowest BCUT2D eigenvalue weighted by Gasteiger charge is -2.31. The van der Waals surface area contributed by atoms with Gasteiger partial charge in [0.1, 0.15) is 0 Å². The maximum Gasteiger partial charge on any atom is 0.0470 e. The van der Waals surface area contributed by atoms with Crippen molar-refractivity contribution in [3.63, 3.8) is 0 Å². The summed E-state index contributed by atoms with van der Waals surface area (Å²) in [5.74, 6) is 0. The molecule has 0 saturated heterocycles. The SMILES string of the molecule is CC1(C)c2ccccc2-c2cccc(-c3cccc(N(c4ccc5c(c4)C4(CCc6ccccc64)c4ccccc4-5)c4ccc5ccccc5c4)c3)c21. The lowest BCUT2D eigenvalue weighted by Crippen LogP contribution is -2.24. The summed E-state index contributed by atoms with van der Waals surface area (Å²) in [5, 5.41) is 2.49. The average Bonchev–Trinajstić information content (AvgIpc) is 3.81. The second kappa shape index (κ2) is 11.2. The molecule has 1 nitrogen and oxygen atoms in total. The van der Waals surface area contributed by atoms with E-state index in [9.17, 15) is 0 Å². The molecule has 1 spiro atoms. The van der Waals surface area contributed by atoms with Crippen LogP contribution in [-0.4, -0.2) is 0 Å². The van der Waals surface area contributed by atoms with Gasteiger partial charge in [-0.3, -0.25) is 0 Å². The molecule has 53 heavy (non-hydrogen) atoms. The zero-order chi connectivity index (χ0) is 35.3. The van der Waals surface area contributed by atoms with Gasteiger partial charge in [-0.15, -0.1) is 0 Å². The van der Waals surface area contributed by atoms with Gasteiger partial charge in [0, 0.05) is 27.9 Å². The van der Waals surface area contributed by atoms with E-state index in [1.165, 1.54) is 83.2 Å². The van der Waals surface area contributed by atoms with E-state index in [-0.39, 0.29) is 10.8 Å². The Morgan fingerprint density at radius 3 is 1.89 bits per heavy atom. The average molecular weight is 678 g/mol. The van der Waals surface area contributed by atoms with Crippen molar-refractivity contribution in [2.24, 2.45) is 0 Å². The fourth-order valence-electron chi connectivity index (χ4n) is 10.3. The molecule has 11 rings (SSSR count). The fraction of sp³-hybridized carbons (Fsp3) is 0.115. The van der Waals surface area contributed by atoms with E-state index < -0.39 is 0 Å². The highest BCUT2D eigenvalue weighted by Crippen LogP contribution is 2.59. The molecule has 0 aromatic heterocycles. The van der Waals surface area contributed by atoms with Crippen molar-refractivity contribution >= 4 is 27.8 Å². The summed E-state index contributed by atoms with van der Waals surface area (Å²) < 4.78 is 0. The van der Waals surface area contributed by atoms with E-state index in [4.69, 9.17) is 0 Å². The summed E-state index contributed by atoms with van der Waals surface area (Å²) in [5.41, 5.74) is 19.8. The van der Waals surface area contributed by atoms with Gasteiger partial charge in [-0.1, -0.05) is 153 Å². The normalized spacial score (nSPS) is 16.9. The Morgan fingerprint density at radius 2 is 1.02 bits per heavy atom. The summed E-state index contributed by atoms with van der Waals surface area (Å²) in [4.78, 5) is 2.48. The molecule has 8 aromatic rings. The maximum atomic E-state index is 2.51. The first-order valence-electron chi connectivity index (χ1n) is 19.0. The summed E-state index contributed by atoms with van der Waals surface area (Å²) in [6.07, 6.45) is 2.18. The van der Waals surface area contributed by atoms with Gasteiger partial charge < -0.3 is 4.90 Å². The quantitative estimate of drug-likeness (QED) is 0.179. The molecule has 0 aliphatic heterocycles. The van der Waals surface area contributed by atoms with Crippen LogP contribution < -0.4 is 4.90 Å². The Balaban J connectivity index is 1.12. The molecule has 3 aliphatic rings. The predicted octanol–water partition coefficient (Wildman–Crippen LogP) is 13.5. The van der Waals surface area contributed by atoms with Crippen LogP contribution in [0.4, 0.5) is 17.1 Å². The van der Waals surface area contributed by atoms with Crippen molar-refractivity contribution in [2.75, 3.05) is 4.90 Å². The Morgan fingerprint density at radius 1 is 0.415 bits per heavy atom. The topological polar surface area (TPSA) is 3.24 Å². The lowest BCUT2D eigenvalue weighted by atomic mass is 9.73. The van der Waals surface area contributed by atoms with Gasteiger partial charge in [-0.25, -0.2) is 0 Å². The zero-order valence-electron chi connectivity index (χ0n) is 30.1. The molecule has 0 bridgehead atoms. The maximum absolute atomic E-state index is 2.51. The Bertz CT molecular complexity index is 2790. The van der Waals surface area contributed by atoms with E-state index in [1.807, 2.05) is 0 Å². The first-order valence-corrected chi connectivity index (χ1v) is 19.0. The molecule has 0 heterocycles. The molecule has 1 heteroatoms. The number of aryl methyl sites for hydroxylation is 1. The Labute approximate surface area is 311 Å². The third-order valence-electron chi connectivity index (χ3n) is 12.6. The molecule has 3 aliphatic carbocycles. The smallest absolute Gasteiger partial charge is 0.0470 e. The second-order valence-electron chi connectivity index (χ2n) is 15.7. The highest BCUT2D eigenvalue weighted by Gasteiger charge is 2.48. The van der Waals surface area contributed by atoms with Crippen LogP contribution in [0.3, 0.4) is 0 Å². The molecule has 1 unspecified atom stereocenters. The number of hydrogen-bond acceptors (Lipinski definition) is 1. The third kappa shape index (κ3) is 4.25. The molecular weight excluding hydrogens is 639 g/mol. The number of rotatable bonds is 4. The van der Waals surface area contributed by atoms with Gasteiger partial charge in [0.05, 0.1) is 0 Å². The molecule has 0 N–H and O–H groups in total. The van der Waals surface area contributed by atoms with Crippen molar-refractivity contribution in [2.45, 2.75) is 37.5 Å². The standard InChI is InChI=1S/C52H39N/c1-51(2)47-23-9-6-19-43(47)45-21-12-20-41(50(45)51)37-16-11-17-38(32-37)53(39-26-25-34-13-3-4-15-36(34)31-39)40-27-28-44-42-18-7-10-24-48(42)52(49(44)33-40)30-29-35-14-5-8-22-46(35)52/h3-28,31-33H,29-30H2,1-2H3. The predicted molar refractivity (Wildman–Crippen MR) is 222 cm³/mol. The van der Waals surface area contributed by atoms with Crippen LogP contribution in [0, 0.1) is 0 Å². The molecule has 0 saturated carbocycles. The summed E-state index contributed by atoms with van der Waals surface area (Å²) >= 11 is 0. The van der Waals surface area contributed by atoms with Crippen LogP contribution in [0.5, 0.6) is 0 Å². The monoisotopic (exact) mass is 677 g/mol. The number of benzene rings is 8. The molecule has 8 aromatic carbocycles. The van der Waals surface area contributed by atoms with E-state index >= 15 is 0 Å². The van der Waals surface area contributed by atoms with Gasteiger partial charge in [0.2, 0.25) is 0 Å². The second-order valence-corrected chi connectivity index (χ2v) is 15.7. The molecule has 0 fully saturated rings. The van der Waals surface area contributed by atoms with Crippen LogP contribution in [0.2, 0.25) is 0 Å². The van der Waals surface area contributed by atoms with Crippen LogP contribution in [-0.2, 0) is 17.3 Å². The van der Waals surface area contributed by atoms with Gasteiger partial charge in [0.25, 0.3) is 0 Å². The minimum atomic E-state index is -0.152. The van der Waals surface area contributed by atoms with Gasteiger partial charge in [-0.2, -0.15) is 0 Å². The van der Waals surface area contributed by atoms with Crippen LogP contribution >= 0.6 is 0 Å². The van der Waals surface area contributed by atoms with Crippen molar-refractivity contribution in [1.29, 1.82) is 0 Å². The van der Waals surface area contributed by atoms with E-state index in [1.54, 1.807) is 0 Å². The summed E-state index contributed by atoms with van der Waals surface area (Å²) in [6.45, 7) is 4.76. The first-order chi connectivity index (χ1) is 26.0. The first kappa shape index (κ1) is 30.4. The van der Waals surface area contributed by atoms with Gasteiger partial charge >= 0.3 is 0 Å². The van der Waals surface area contributed by atoms with Crippen molar-refractivity contribution in [1.82, 2.24) is 0 Å². The molecular formula is C52H39N. The number of nitrogens with zero attached hydrogens (tertiary/aromatic N) is 1. The highest BCUT2D eigenvalue weighted by molar-refractivity contribution is 5.93. The van der Waals surface area contributed by atoms with Gasteiger partial charge in [-0.05, 0) is 127 Å². The van der Waals surface area contributed by atoms with E-state index in [0.717, 1.165) is 24.2 Å². The lowest BCUT2D eigenvalue weighted by molar-refractivity contribution is 0.626. The largest absolute Gasteiger partial charge is 0.310 e. The van der Waals surface area contributed by atoms with Crippen molar-refractivity contribution < 1.29 is 0 Å². The zero-order valence-corrected chi connectivity index (χ0v) is 30.1. The molecule has 0 radical (unpaired) electrons. The van der Waals surface area contributed by atoms with Crippen molar-refractivity contribution in [3.8, 4) is 33.4 Å². The number of fused-ring (bicyclic) bond motifs is 11.